The Balaban J connectivity index is 1.65. The summed E-state index contributed by atoms with van der Waals surface area (Å²) in [6, 6.07) is 3.46. The first kappa shape index (κ1) is 14.9. The quantitative estimate of drug-likeness (QED) is 0.786. The van der Waals surface area contributed by atoms with Crippen molar-refractivity contribution in [3.8, 4) is 0 Å². The number of alkyl halides is 3. The lowest BCUT2D eigenvalue weighted by Gasteiger charge is -2.01. The number of hydrogen-bond donors (Lipinski definition) is 1. The van der Waals surface area contributed by atoms with Crippen molar-refractivity contribution in [3.63, 3.8) is 0 Å². The number of fused-ring (bicyclic) bond motifs is 1. The van der Waals surface area contributed by atoms with E-state index in [1.54, 1.807) is 17.5 Å². The summed E-state index contributed by atoms with van der Waals surface area (Å²) in [5.74, 6) is -1.36. The normalized spacial score (nSPS) is 12.0. The minimum Gasteiger partial charge on any atom is -0.351 e. The number of amides is 1. The average molecular weight is 347 g/mol. The Kier molecular flexibility index (Phi) is 3.83. The molecule has 0 atom stereocenters. The highest BCUT2D eigenvalue weighted by atomic mass is 32.1. The van der Waals surface area contributed by atoms with Gasteiger partial charge in [-0.2, -0.15) is 22.8 Å². The zero-order valence-corrected chi connectivity index (χ0v) is 12.4. The van der Waals surface area contributed by atoms with Crippen LogP contribution in [0, 0.1) is 0 Å². The zero-order valence-electron chi connectivity index (χ0n) is 10.8. The van der Waals surface area contributed by atoms with E-state index in [0.717, 1.165) is 11.3 Å². The van der Waals surface area contributed by atoms with Gasteiger partial charge < -0.3 is 5.32 Å². The second-order valence-corrected chi connectivity index (χ2v) is 6.18. The summed E-state index contributed by atoms with van der Waals surface area (Å²) >= 11 is 2.33. The first-order valence-electron chi connectivity index (χ1n) is 6.05. The molecule has 6 nitrogen and oxygen atoms in total. The predicted octanol–water partition coefficient (Wildman–Crippen LogP) is 2.24. The fraction of sp³-hybridized carbons (Fsp3) is 0.273. The fourth-order valence-corrected chi connectivity index (χ4v) is 3.19. The molecule has 1 amide bonds. The highest BCUT2D eigenvalue weighted by Crippen LogP contribution is 2.28. The first-order chi connectivity index (χ1) is 10.4. The van der Waals surface area contributed by atoms with Gasteiger partial charge in [0.05, 0.1) is 4.88 Å². The van der Waals surface area contributed by atoms with Crippen molar-refractivity contribution in [2.75, 3.05) is 6.54 Å². The Morgan fingerprint density at radius 2 is 2.18 bits per heavy atom. The molecule has 22 heavy (non-hydrogen) atoms. The molecule has 0 radical (unpaired) electrons. The minimum absolute atomic E-state index is 0.0758. The lowest BCUT2D eigenvalue weighted by atomic mass is 10.4. The summed E-state index contributed by atoms with van der Waals surface area (Å²) in [7, 11) is 0. The van der Waals surface area contributed by atoms with Crippen LogP contribution in [0.2, 0.25) is 0 Å². The molecule has 0 aliphatic heterocycles. The number of carbonyl (C=O) groups excluding carboxylic acids is 1. The van der Waals surface area contributed by atoms with Crippen molar-refractivity contribution in [3.05, 3.63) is 33.2 Å². The van der Waals surface area contributed by atoms with Crippen LogP contribution in [-0.2, 0) is 12.6 Å². The molecule has 0 fully saturated rings. The van der Waals surface area contributed by atoms with Crippen molar-refractivity contribution in [2.24, 2.45) is 0 Å². The number of nitrogens with zero attached hydrogens (tertiary/aromatic N) is 4. The average Bonchev–Trinajstić information content (AvgIpc) is 3.13. The van der Waals surface area contributed by atoms with Gasteiger partial charge in [-0.1, -0.05) is 17.4 Å². The van der Waals surface area contributed by atoms with Gasteiger partial charge in [0.15, 0.2) is 0 Å². The van der Waals surface area contributed by atoms with Crippen LogP contribution in [0.4, 0.5) is 13.2 Å². The lowest BCUT2D eigenvalue weighted by molar-refractivity contribution is -0.146. The van der Waals surface area contributed by atoms with Crippen LogP contribution < -0.4 is 5.32 Å². The van der Waals surface area contributed by atoms with Gasteiger partial charge in [0, 0.05) is 13.0 Å². The summed E-state index contributed by atoms with van der Waals surface area (Å²) in [6.45, 7) is 0.280. The van der Waals surface area contributed by atoms with Crippen molar-refractivity contribution in [2.45, 2.75) is 12.6 Å². The van der Waals surface area contributed by atoms with Gasteiger partial charge in [0.25, 0.3) is 11.7 Å². The van der Waals surface area contributed by atoms with E-state index < -0.39 is 12.0 Å². The number of nitrogens with one attached hydrogen (secondary N) is 1. The number of halogens is 3. The molecule has 3 aromatic heterocycles. The van der Waals surface area contributed by atoms with Gasteiger partial charge in [-0.05, 0) is 11.4 Å². The van der Waals surface area contributed by atoms with Gasteiger partial charge in [-0.15, -0.1) is 21.5 Å². The molecular formula is C11H8F3N5OS2. The number of aromatic nitrogens is 4. The zero-order chi connectivity index (χ0) is 15.7. The molecule has 0 spiro atoms. The molecule has 0 aliphatic rings. The molecule has 1 N–H and O–H groups in total. The van der Waals surface area contributed by atoms with E-state index in [1.807, 2.05) is 0 Å². The van der Waals surface area contributed by atoms with Crippen LogP contribution >= 0.6 is 22.7 Å². The Hall–Kier alpha value is -2.01. The first-order valence-corrected chi connectivity index (χ1v) is 7.75. The van der Waals surface area contributed by atoms with E-state index in [2.05, 4.69) is 20.6 Å². The maximum absolute atomic E-state index is 12.7. The van der Waals surface area contributed by atoms with Gasteiger partial charge in [-0.3, -0.25) is 4.79 Å². The Bertz CT molecular complexity index is 792. The summed E-state index contributed by atoms with van der Waals surface area (Å²) in [4.78, 5) is 12.4. The van der Waals surface area contributed by atoms with E-state index in [-0.39, 0.29) is 17.4 Å². The van der Waals surface area contributed by atoms with Crippen LogP contribution in [0.3, 0.4) is 0 Å². The second-order valence-electron chi connectivity index (χ2n) is 4.19. The molecule has 0 saturated carbocycles. The minimum atomic E-state index is -4.60. The maximum atomic E-state index is 12.7. The maximum Gasteiger partial charge on any atom is 0.453 e. The summed E-state index contributed by atoms with van der Waals surface area (Å²) < 4.78 is 38.7. The van der Waals surface area contributed by atoms with Crippen molar-refractivity contribution in [1.82, 2.24) is 25.1 Å². The monoisotopic (exact) mass is 347 g/mol. The summed E-state index contributed by atoms with van der Waals surface area (Å²) in [5.41, 5.74) is 0. The molecule has 0 saturated heterocycles. The van der Waals surface area contributed by atoms with E-state index in [1.165, 1.54) is 11.3 Å². The van der Waals surface area contributed by atoms with E-state index in [0.29, 0.717) is 20.8 Å². The highest BCUT2D eigenvalue weighted by molar-refractivity contribution is 7.16. The molecular weight excluding hydrogens is 339 g/mol. The van der Waals surface area contributed by atoms with Gasteiger partial charge in [0.1, 0.15) is 5.01 Å². The summed E-state index contributed by atoms with van der Waals surface area (Å²) in [5, 5.41) is 15.3. The Morgan fingerprint density at radius 1 is 1.36 bits per heavy atom. The fourth-order valence-electron chi connectivity index (χ4n) is 1.71. The third kappa shape index (κ3) is 2.95. The number of rotatable bonds is 4. The van der Waals surface area contributed by atoms with Crippen LogP contribution in [0.15, 0.2) is 17.5 Å². The molecule has 3 aromatic rings. The van der Waals surface area contributed by atoms with Crippen molar-refractivity contribution in [1.29, 1.82) is 0 Å². The molecule has 0 bridgehead atoms. The van der Waals surface area contributed by atoms with Crippen LogP contribution in [-0.4, -0.2) is 32.3 Å². The smallest absolute Gasteiger partial charge is 0.351 e. The van der Waals surface area contributed by atoms with Crippen LogP contribution in [0.1, 0.15) is 20.5 Å². The molecule has 11 heteroatoms. The standard InChI is InChI=1S/C11H8F3N5OS2/c12-11(13,14)9-16-17-10-19(9)18-7(22-10)3-4-15-8(20)6-2-1-5-21-6/h1-2,5H,3-4H2,(H,15,20). The predicted molar refractivity (Wildman–Crippen MR) is 74.0 cm³/mol. The van der Waals surface area contributed by atoms with Gasteiger partial charge >= 0.3 is 6.18 Å². The number of thiophene rings is 1. The van der Waals surface area contributed by atoms with Gasteiger partial charge in [-0.25, -0.2) is 0 Å². The van der Waals surface area contributed by atoms with E-state index in [4.69, 9.17) is 0 Å². The largest absolute Gasteiger partial charge is 0.453 e. The highest BCUT2D eigenvalue weighted by Gasteiger charge is 2.38. The molecule has 0 aromatic carbocycles. The van der Waals surface area contributed by atoms with E-state index in [9.17, 15) is 18.0 Å². The Labute approximate surface area is 129 Å². The molecule has 0 unspecified atom stereocenters. The van der Waals surface area contributed by atoms with E-state index >= 15 is 0 Å². The molecule has 116 valence electrons. The third-order valence-corrected chi connectivity index (χ3v) is 4.48. The molecule has 3 rings (SSSR count). The summed E-state index contributed by atoms with van der Waals surface area (Å²) in [6.07, 6.45) is -4.28. The SMILES string of the molecule is O=C(NCCc1nn2c(C(F)(F)F)nnc2s1)c1cccs1. The van der Waals surface area contributed by atoms with Crippen molar-refractivity contribution >= 4 is 33.5 Å². The topological polar surface area (TPSA) is 72.2 Å². The third-order valence-electron chi connectivity index (χ3n) is 2.66. The Morgan fingerprint density at radius 3 is 2.86 bits per heavy atom. The lowest BCUT2D eigenvalue weighted by Crippen LogP contribution is -2.24. The number of carbonyl (C=O) groups is 1. The van der Waals surface area contributed by atoms with Crippen LogP contribution in [0.5, 0.6) is 0 Å². The second kappa shape index (κ2) is 5.65. The molecule has 3 heterocycles. The van der Waals surface area contributed by atoms with Gasteiger partial charge in [0.2, 0.25) is 4.96 Å². The number of hydrogen-bond acceptors (Lipinski definition) is 6. The van der Waals surface area contributed by atoms with Crippen molar-refractivity contribution < 1.29 is 18.0 Å². The molecule has 0 aliphatic carbocycles. The van der Waals surface area contributed by atoms with Crippen LogP contribution in [0.25, 0.3) is 4.96 Å².